The van der Waals surface area contributed by atoms with Crippen molar-refractivity contribution < 1.29 is 9.21 Å². The molecule has 2 aromatic carbocycles. The molecule has 0 spiro atoms. The van der Waals surface area contributed by atoms with Crippen LogP contribution in [0.25, 0.3) is 11.0 Å². The molecule has 28 heavy (non-hydrogen) atoms. The summed E-state index contributed by atoms with van der Waals surface area (Å²) in [5.41, 5.74) is 2.53. The molecule has 1 N–H and O–H groups in total. The fraction of sp³-hybridized carbons (Fsp3) is 0.0952. The zero-order valence-electron chi connectivity index (χ0n) is 14.6. The number of carbonyl (C=O) groups excluding carboxylic acids is 1. The van der Waals surface area contributed by atoms with E-state index >= 15 is 0 Å². The summed E-state index contributed by atoms with van der Waals surface area (Å²) >= 11 is 7.54. The molecule has 0 fully saturated rings. The van der Waals surface area contributed by atoms with E-state index in [2.05, 4.69) is 10.3 Å². The fourth-order valence-corrected chi connectivity index (χ4v) is 3.89. The lowest BCUT2D eigenvalue weighted by Crippen LogP contribution is -2.14. The van der Waals surface area contributed by atoms with Gasteiger partial charge in [-0.15, -0.1) is 11.3 Å². The maximum atomic E-state index is 12.3. The highest BCUT2D eigenvalue weighted by Gasteiger charge is 2.10. The van der Waals surface area contributed by atoms with Crippen molar-refractivity contribution in [2.75, 3.05) is 5.32 Å². The first-order valence-electron chi connectivity index (χ1n) is 8.57. The third-order valence-electron chi connectivity index (χ3n) is 4.09. The van der Waals surface area contributed by atoms with Gasteiger partial charge in [0.2, 0.25) is 5.91 Å². The van der Waals surface area contributed by atoms with Crippen molar-refractivity contribution in [3.05, 3.63) is 91.7 Å². The maximum absolute atomic E-state index is 12.3. The Hall–Kier alpha value is -2.96. The standard InChI is InChI=1S/C21H15ClN2O3S/c22-15-3-1-2-13(8-15)9-20-24-17(12-28-20)11-19(25)23-16-5-6-18-14(10-16)4-7-21(26)27-18/h1-8,10,12H,9,11H2,(H,23,25). The van der Waals surface area contributed by atoms with Gasteiger partial charge in [-0.2, -0.15) is 0 Å². The number of hydrogen-bond acceptors (Lipinski definition) is 5. The van der Waals surface area contributed by atoms with E-state index in [4.69, 9.17) is 16.0 Å². The summed E-state index contributed by atoms with van der Waals surface area (Å²) in [5, 5.41) is 7.13. The predicted molar refractivity (Wildman–Crippen MR) is 111 cm³/mol. The van der Waals surface area contributed by atoms with Gasteiger partial charge in [-0.3, -0.25) is 4.79 Å². The lowest BCUT2D eigenvalue weighted by atomic mass is 10.2. The molecule has 0 radical (unpaired) electrons. The smallest absolute Gasteiger partial charge is 0.336 e. The van der Waals surface area contributed by atoms with Gasteiger partial charge in [0.25, 0.3) is 0 Å². The van der Waals surface area contributed by atoms with Crippen molar-refractivity contribution in [3.63, 3.8) is 0 Å². The Morgan fingerprint density at radius 1 is 1.14 bits per heavy atom. The first kappa shape index (κ1) is 18.4. The molecule has 0 atom stereocenters. The number of carbonyl (C=O) groups is 1. The second-order valence-corrected chi connectivity index (χ2v) is 7.65. The Morgan fingerprint density at radius 3 is 2.89 bits per heavy atom. The number of benzene rings is 2. The summed E-state index contributed by atoms with van der Waals surface area (Å²) in [6.45, 7) is 0. The largest absolute Gasteiger partial charge is 0.423 e. The van der Waals surface area contributed by atoms with E-state index in [1.54, 1.807) is 24.3 Å². The van der Waals surface area contributed by atoms with E-state index in [0.717, 1.165) is 21.7 Å². The Labute approximate surface area is 169 Å². The summed E-state index contributed by atoms with van der Waals surface area (Å²) in [5.74, 6) is -0.156. The first-order valence-corrected chi connectivity index (χ1v) is 9.82. The van der Waals surface area contributed by atoms with Crippen LogP contribution in [0.15, 0.2) is 69.2 Å². The van der Waals surface area contributed by atoms with E-state index in [9.17, 15) is 9.59 Å². The van der Waals surface area contributed by atoms with E-state index in [0.29, 0.717) is 22.7 Å². The lowest BCUT2D eigenvalue weighted by Gasteiger charge is -2.05. The summed E-state index contributed by atoms with van der Waals surface area (Å²) in [6, 6.07) is 15.8. The van der Waals surface area contributed by atoms with Gasteiger partial charge in [-0.05, 0) is 42.0 Å². The molecule has 0 aliphatic rings. The van der Waals surface area contributed by atoms with Crippen LogP contribution in [0.3, 0.4) is 0 Å². The third-order valence-corrected chi connectivity index (χ3v) is 5.22. The molecule has 0 bridgehead atoms. The number of aromatic nitrogens is 1. The van der Waals surface area contributed by atoms with Gasteiger partial charge in [0.05, 0.1) is 17.1 Å². The summed E-state index contributed by atoms with van der Waals surface area (Å²) in [6.07, 6.45) is 0.872. The molecule has 0 saturated carbocycles. The SMILES string of the molecule is O=C(Cc1csc(Cc2cccc(Cl)c2)n1)Nc1ccc2oc(=O)ccc2c1. The van der Waals surface area contributed by atoms with E-state index in [1.807, 2.05) is 29.6 Å². The van der Waals surface area contributed by atoms with Gasteiger partial charge in [0.15, 0.2) is 0 Å². The number of halogens is 1. The minimum Gasteiger partial charge on any atom is -0.423 e. The Kier molecular flexibility index (Phi) is 5.23. The number of fused-ring (bicyclic) bond motifs is 1. The van der Waals surface area contributed by atoms with Crippen LogP contribution in [0.5, 0.6) is 0 Å². The van der Waals surface area contributed by atoms with E-state index < -0.39 is 5.63 Å². The fourth-order valence-electron chi connectivity index (χ4n) is 2.85. The van der Waals surface area contributed by atoms with Crippen molar-refractivity contribution in [2.45, 2.75) is 12.8 Å². The number of nitrogens with one attached hydrogen (secondary N) is 1. The molecule has 5 nitrogen and oxygen atoms in total. The van der Waals surface area contributed by atoms with Gasteiger partial charge in [0.1, 0.15) is 5.58 Å². The van der Waals surface area contributed by atoms with Crippen LogP contribution >= 0.6 is 22.9 Å². The van der Waals surface area contributed by atoms with Crippen LogP contribution in [-0.4, -0.2) is 10.9 Å². The van der Waals surface area contributed by atoms with Crippen molar-refractivity contribution in [1.29, 1.82) is 0 Å². The third kappa shape index (κ3) is 4.47. The van der Waals surface area contributed by atoms with Crippen LogP contribution in [0, 0.1) is 0 Å². The van der Waals surface area contributed by atoms with Crippen LogP contribution < -0.4 is 10.9 Å². The first-order chi connectivity index (χ1) is 13.5. The molecule has 2 aromatic heterocycles. The Bertz CT molecular complexity index is 1220. The molecular formula is C21H15ClN2O3S. The van der Waals surface area contributed by atoms with Gasteiger partial charge in [-0.25, -0.2) is 9.78 Å². The number of thiazole rings is 1. The molecule has 1 amide bonds. The number of nitrogens with zero attached hydrogens (tertiary/aromatic N) is 1. The molecule has 0 aliphatic heterocycles. The van der Waals surface area contributed by atoms with Crippen molar-refractivity contribution in [3.8, 4) is 0 Å². The number of amides is 1. The summed E-state index contributed by atoms with van der Waals surface area (Å²) < 4.78 is 5.09. The molecule has 4 rings (SSSR count). The average Bonchev–Trinajstić information content (AvgIpc) is 3.08. The molecule has 4 aromatic rings. The number of hydrogen-bond donors (Lipinski definition) is 1. The highest BCUT2D eigenvalue weighted by Crippen LogP contribution is 2.20. The van der Waals surface area contributed by atoms with Crippen LogP contribution in [0.2, 0.25) is 5.02 Å². The minimum atomic E-state index is -0.401. The van der Waals surface area contributed by atoms with Crippen LogP contribution in [-0.2, 0) is 17.6 Å². The van der Waals surface area contributed by atoms with Gasteiger partial charge in [-0.1, -0.05) is 23.7 Å². The topological polar surface area (TPSA) is 72.2 Å². The quantitative estimate of drug-likeness (QED) is 0.485. The van der Waals surface area contributed by atoms with Gasteiger partial charge in [0, 0.05) is 34.0 Å². The monoisotopic (exact) mass is 410 g/mol. The average molecular weight is 411 g/mol. The summed E-state index contributed by atoms with van der Waals surface area (Å²) in [7, 11) is 0. The molecule has 0 aliphatic carbocycles. The normalized spacial score (nSPS) is 10.9. The maximum Gasteiger partial charge on any atom is 0.336 e. The lowest BCUT2D eigenvalue weighted by molar-refractivity contribution is -0.115. The zero-order valence-corrected chi connectivity index (χ0v) is 16.2. The van der Waals surface area contributed by atoms with Crippen molar-refractivity contribution in [2.24, 2.45) is 0 Å². The van der Waals surface area contributed by atoms with E-state index in [1.165, 1.54) is 17.4 Å². The minimum absolute atomic E-state index is 0.156. The van der Waals surface area contributed by atoms with Gasteiger partial charge >= 0.3 is 5.63 Å². The highest BCUT2D eigenvalue weighted by molar-refractivity contribution is 7.09. The number of rotatable bonds is 5. The Morgan fingerprint density at radius 2 is 2.04 bits per heavy atom. The predicted octanol–water partition coefficient (Wildman–Crippen LogP) is 4.67. The van der Waals surface area contributed by atoms with E-state index in [-0.39, 0.29) is 12.3 Å². The highest BCUT2D eigenvalue weighted by atomic mass is 35.5. The second-order valence-electron chi connectivity index (χ2n) is 6.27. The Balaban J connectivity index is 1.40. The summed E-state index contributed by atoms with van der Waals surface area (Å²) in [4.78, 5) is 28.1. The van der Waals surface area contributed by atoms with Crippen molar-refractivity contribution >= 4 is 45.5 Å². The molecular weight excluding hydrogens is 396 g/mol. The zero-order chi connectivity index (χ0) is 19.5. The molecule has 0 saturated heterocycles. The molecule has 7 heteroatoms. The molecule has 0 unspecified atom stereocenters. The molecule has 2 heterocycles. The number of anilines is 1. The molecule has 140 valence electrons. The van der Waals surface area contributed by atoms with Crippen molar-refractivity contribution in [1.82, 2.24) is 4.98 Å². The van der Waals surface area contributed by atoms with Crippen LogP contribution in [0.4, 0.5) is 5.69 Å². The van der Waals surface area contributed by atoms with Crippen LogP contribution in [0.1, 0.15) is 16.3 Å². The second kappa shape index (κ2) is 7.96. The van der Waals surface area contributed by atoms with Gasteiger partial charge < -0.3 is 9.73 Å².